The van der Waals surface area contributed by atoms with Crippen molar-refractivity contribution in [2.24, 2.45) is 5.92 Å². The Bertz CT molecular complexity index is 311. The third kappa shape index (κ3) is 2.55. The van der Waals surface area contributed by atoms with Gasteiger partial charge in [0.1, 0.15) is 5.78 Å². The fourth-order valence-electron chi connectivity index (χ4n) is 1.08. The molecular weight excluding hydrogens is 180 g/mol. The second-order valence-corrected chi connectivity index (χ2v) is 3.35. The first-order valence-electron chi connectivity index (χ1n) is 4.74. The molecule has 1 unspecified atom stereocenters. The highest BCUT2D eigenvalue weighted by Gasteiger charge is 2.17. The molecule has 0 bridgehead atoms. The molecule has 1 heterocycles. The van der Waals surface area contributed by atoms with Crippen LogP contribution in [0.25, 0.3) is 0 Å². The highest BCUT2D eigenvalue weighted by molar-refractivity contribution is 6.07. The molecule has 0 aromatic carbocycles. The lowest BCUT2D eigenvalue weighted by molar-refractivity contribution is -0.121. The highest BCUT2D eigenvalue weighted by Crippen LogP contribution is 2.10. The average Bonchev–Trinajstić information content (AvgIpc) is 2.69. The minimum atomic E-state index is -0.236. The third-order valence-electron chi connectivity index (χ3n) is 2.29. The van der Waals surface area contributed by atoms with E-state index >= 15 is 0 Å². The van der Waals surface area contributed by atoms with Gasteiger partial charge in [-0.15, -0.1) is 0 Å². The van der Waals surface area contributed by atoms with E-state index in [-0.39, 0.29) is 29.7 Å². The molecule has 0 radical (unpaired) electrons. The Morgan fingerprint density at radius 2 is 2.21 bits per heavy atom. The van der Waals surface area contributed by atoms with Gasteiger partial charge in [0.05, 0.1) is 12.7 Å². The zero-order chi connectivity index (χ0) is 10.6. The molecule has 1 aromatic heterocycles. The standard InChI is InChI=1S/C11H14O3/c1-3-8(2)9(12)7-10(13)11-5-4-6-14-11/h4-6,8H,3,7H2,1-2H3. The van der Waals surface area contributed by atoms with Gasteiger partial charge in [0, 0.05) is 5.92 Å². The molecule has 0 aliphatic carbocycles. The monoisotopic (exact) mass is 194 g/mol. The van der Waals surface area contributed by atoms with E-state index < -0.39 is 0 Å². The van der Waals surface area contributed by atoms with Gasteiger partial charge >= 0.3 is 0 Å². The molecule has 0 fully saturated rings. The van der Waals surface area contributed by atoms with E-state index in [1.54, 1.807) is 12.1 Å². The number of furan rings is 1. The molecule has 0 spiro atoms. The van der Waals surface area contributed by atoms with Crippen molar-refractivity contribution in [3.8, 4) is 0 Å². The Morgan fingerprint density at radius 1 is 1.50 bits per heavy atom. The number of rotatable bonds is 5. The lowest BCUT2D eigenvalue weighted by Crippen LogP contribution is -2.14. The maximum Gasteiger partial charge on any atom is 0.205 e. The van der Waals surface area contributed by atoms with Crippen LogP contribution in [0.2, 0.25) is 0 Å². The predicted octanol–water partition coefficient (Wildman–Crippen LogP) is 2.47. The quantitative estimate of drug-likeness (QED) is 0.534. The summed E-state index contributed by atoms with van der Waals surface area (Å²) in [5.41, 5.74) is 0. The molecule has 0 N–H and O–H groups in total. The van der Waals surface area contributed by atoms with E-state index in [1.165, 1.54) is 6.26 Å². The SMILES string of the molecule is CCC(C)C(=O)CC(=O)c1ccco1. The van der Waals surface area contributed by atoms with Crippen molar-refractivity contribution in [1.82, 2.24) is 0 Å². The van der Waals surface area contributed by atoms with E-state index in [0.29, 0.717) is 0 Å². The van der Waals surface area contributed by atoms with Crippen LogP contribution in [0, 0.1) is 5.92 Å². The lowest BCUT2D eigenvalue weighted by Gasteiger charge is -2.04. The van der Waals surface area contributed by atoms with E-state index in [0.717, 1.165) is 6.42 Å². The summed E-state index contributed by atoms with van der Waals surface area (Å²) < 4.78 is 4.91. The first kappa shape index (κ1) is 10.7. The van der Waals surface area contributed by atoms with Gasteiger partial charge in [0.2, 0.25) is 5.78 Å². The average molecular weight is 194 g/mol. The number of Topliss-reactive ketones (excluding diaryl/α,β-unsaturated/α-hetero) is 2. The summed E-state index contributed by atoms with van der Waals surface area (Å²) >= 11 is 0. The summed E-state index contributed by atoms with van der Waals surface area (Å²) in [7, 11) is 0. The molecule has 0 aliphatic rings. The summed E-state index contributed by atoms with van der Waals surface area (Å²) in [4.78, 5) is 22.8. The van der Waals surface area contributed by atoms with Gasteiger partial charge in [-0.3, -0.25) is 9.59 Å². The molecule has 3 heteroatoms. The Labute approximate surface area is 83.1 Å². The summed E-state index contributed by atoms with van der Waals surface area (Å²) in [6.07, 6.45) is 2.15. The Kier molecular flexibility index (Phi) is 3.63. The molecule has 3 nitrogen and oxygen atoms in total. The van der Waals surface area contributed by atoms with Gasteiger partial charge in [0.15, 0.2) is 5.76 Å². The van der Waals surface area contributed by atoms with Crippen LogP contribution in [0.1, 0.15) is 37.2 Å². The van der Waals surface area contributed by atoms with Crippen LogP contribution in [0.15, 0.2) is 22.8 Å². The first-order valence-corrected chi connectivity index (χ1v) is 4.74. The first-order chi connectivity index (χ1) is 6.65. The molecule has 1 aromatic rings. The van der Waals surface area contributed by atoms with Gasteiger partial charge < -0.3 is 4.42 Å². The van der Waals surface area contributed by atoms with Crippen molar-refractivity contribution >= 4 is 11.6 Å². The van der Waals surface area contributed by atoms with Gasteiger partial charge in [-0.05, 0) is 18.6 Å². The van der Waals surface area contributed by atoms with Crippen molar-refractivity contribution in [2.45, 2.75) is 26.7 Å². The van der Waals surface area contributed by atoms with Crippen LogP contribution in [0.3, 0.4) is 0 Å². The largest absolute Gasteiger partial charge is 0.461 e. The van der Waals surface area contributed by atoms with Crippen LogP contribution in [-0.2, 0) is 4.79 Å². The summed E-state index contributed by atoms with van der Waals surface area (Å²) in [5.74, 6) is -0.0373. The van der Waals surface area contributed by atoms with Gasteiger partial charge in [-0.2, -0.15) is 0 Å². The summed E-state index contributed by atoms with van der Waals surface area (Å²) in [5, 5.41) is 0. The number of carbonyl (C=O) groups is 2. The van der Waals surface area contributed by atoms with E-state index in [2.05, 4.69) is 0 Å². The fourth-order valence-corrected chi connectivity index (χ4v) is 1.08. The number of ketones is 2. The number of hydrogen-bond donors (Lipinski definition) is 0. The molecular formula is C11H14O3. The normalized spacial score (nSPS) is 12.4. The molecule has 1 atom stereocenters. The molecule has 76 valence electrons. The van der Waals surface area contributed by atoms with Crippen molar-refractivity contribution < 1.29 is 14.0 Å². The van der Waals surface area contributed by atoms with Gasteiger partial charge in [0.25, 0.3) is 0 Å². The minimum Gasteiger partial charge on any atom is -0.461 e. The summed E-state index contributed by atoms with van der Waals surface area (Å²) in [6.45, 7) is 3.76. The molecule has 0 saturated carbocycles. The molecule has 0 aliphatic heterocycles. The van der Waals surface area contributed by atoms with Gasteiger partial charge in [-0.1, -0.05) is 13.8 Å². The van der Waals surface area contributed by atoms with Crippen LogP contribution in [-0.4, -0.2) is 11.6 Å². The van der Waals surface area contributed by atoms with Crippen LogP contribution in [0.4, 0.5) is 0 Å². The molecule has 0 saturated heterocycles. The highest BCUT2D eigenvalue weighted by atomic mass is 16.3. The van der Waals surface area contributed by atoms with Crippen molar-refractivity contribution in [3.63, 3.8) is 0 Å². The Hall–Kier alpha value is -1.38. The van der Waals surface area contributed by atoms with Crippen molar-refractivity contribution in [3.05, 3.63) is 24.2 Å². The number of carbonyl (C=O) groups excluding carboxylic acids is 2. The Morgan fingerprint density at radius 3 is 2.71 bits per heavy atom. The second kappa shape index (κ2) is 4.74. The number of hydrogen-bond acceptors (Lipinski definition) is 3. The molecule has 14 heavy (non-hydrogen) atoms. The maximum atomic E-state index is 11.4. The molecule has 1 rings (SSSR count). The summed E-state index contributed by atoms with van der Waals surface area (Å²) in [6, 6.07) is 3.22. The predicted molar refractivity (Wildman–Crippen MR) is 52.1 cm³/mol. The van der Waals surface area contributed by atoms with Crippen molar-refractivity contribution in [2.75, 3.05) is 0 Å². The van der Waals surface area contributed by atoms with E-state index in [1.807, 2.05) is 13.8 Å². The third-order valence-corrected chi connectivity index (χ3v) is 2.29. The van der Waals surface area contributed by atoms with Crippen molar-refractivity contribution in [1.29, 1.82) is 0 Å². The van der Waals surface area contributed by atoms with E-state index in [4.69, 9.17) is 4.42 Å². The van der Waals surface area contributed by atoms with Crippen LogP contribution >= 0.6 is 0 Å². The zero-order valence-corrected chi connectivity index (χ0v) is 8.45. The molecule has 0 amide bonds. The zero-order valence-electron chi connectivity index (χ0n) is 8.45. The lowest BCUT2D eigenvalue weighted by atomic mass is 9.99. The van der Waals surface area contributed by atoms with Crippen LogP contribution < -0.4 is 0 Å². The van der Waals surface area contributed by atoms with Crippen LogP contribution in [0.5, 0.6) is 0 Å². The fraction of sp³-hybridized carbons (Fsp3) is 0.455. The Balaban J connectivity index is 2.54. The minimum absolute atomic E-state index is 0.0195. The topological polar surface area (TPSA) is 47.3 Å². The van der Waals surface area contributed by atoms with E-state index in [9.17, 15) is 9.59 Å². The van der Waals surface area contributed by atoms with Gasteiger partial charge in [-0.25, -0.2) is 0 Å². The maximum absolute atomic E-state index is 11.4. The second-order valence-electron chi connectivity index (χ2n) is 3.35. The smallest absolute Gasteiger partial charge is 0.205 e.